The summed E-state index contributed by atoms with van der Waals surface area (Å²) in [6, 6.07) is -0.485. The average molecular weight is 206 g/mol. The van der Waals surface area contributed by atoms with Crippen LogP contribution >= 0.6 is 12.4 Å². The zero-order valence-corrected chi connectivity index (χ0v) is 7.84. The summed E-state index contributed by atoms with van der Waals surface area (Å²) in [4.78, 5) is 21.9. The molecule has 2 aliphatic rings. The molecule has 2 rings (SSSR count). The Morgan fingerprint density at radius 3 is 2.85 bits per heavy atom. The molecule has 13 heavy (non-hydrogen) atoms. The Labute approximate surface area is 82.1 Å². The van der Waals surface area contributed by atoms with E-state index >= 15 is 0 Å². The molecule has 1 saturated carbocycles. The molecule has 1 saturated heterocycles. The summed E-state index contributed by atoms with van der Waals surface area (Å²) >= 11 is 0. The molecule has 0 amide bonds. The maximum atomic E-state index is 11.2. The van der Waals surface area contributed by atoms with E-state index in [0.29, 0.717) is 13.0 Å². The molecule has 0 bridgehead atoms. The van der Waals surface area contributed by atoms with Crippen LogP contribution in [0, 0.1) is 11.8 Å². The van der Waals surface area contributed by atoms with Crippen molar-refractivity contribution in [2.24, 2.45) is 11.8 Å². The van der Waals surface area contributed by atoms with E-state index in [2.05, 4.69) is 5.32 Å². The van der Waals surface area contributed by atoms with Crippen molar-refractivity contribution in [2.75, 3.05) is 6.54 Å². The number of nitrogens with one attached hydrogen (secondary N) is 1. The quantitative estimate of drug-likeness (QED) is 0.636. The second-order valence-electron chi connectivity index (χ2n) is 3.50. The van der Waals surface area contributed by atoms with Gasteiger partial charge in [0.25, 0.3) is 0 Å². The van der Waals surface area contributed by atoms with Crippen molar-refractivity contribution in [3.8, 4) is 0 Å². The summed E-state index contributed by atoms with van der Waals surface area (Å²) in [7, 11) is 0. The molecule has 3 unspecified atom stereocenters. The number of carboxylic acids is 1. The number of rotatable bonds is 1. The Kier molecular flexibility index (Phi) is 2.93. The fourth-order valence-corrected chi connectivity index (χ4v) is 2.27. The normalized spacial score (nSPS) is 36.9. The molecule has 0 spiro atoms. The number of hydrogen-bond donors (Lipinski definition) is 2. The van der Waals surface area contributed by atoms with Crippen molar-refractivity contribution in [2.45, 2.75) is 18.9 Å². The number of fused-ring (bicyclic) bond motifs is 1. The molecular weight excluding hydrogens is 194 g/mol. The predicted molar refractivity (Wildman–Crippen MR) is 47.9 cm³/mol. The van der Waals surface area contributed by atoms with Gasteiger partial charge in [-0.15, -0.1) is 12.4 Å². The van der Waals surface area contributed by atoms with Crippen LogP contribution in [0.5, 0.6) is 0 Å². The van der Waals surface area contributed by atoms with Gasteiger partial charge in [-0.25, -0.2) is 0 Å². The molecule has 4 nitrogen and oxygen atoms in total. The van der Waals surface area contributed by atoms with Crippen molar-refractivity contribution in [3.63, 3.8) is 0 Å². The molecule has 5 heteroatoms. The molecule has 0 aromatic heterocycles. The van der Waals surface area contributed by atoms with Gasteiger partial charge in [0.05, 0.1) is 0 Å². The van der Waals surface area contributed by atoms with E-state index in [0.717, 1.165) is 6.42 Å². The van der Waals surface area contributed by atoms with Gasteiger partial charge in [0.2, 0.25) is 0 Å². The van der Waals surface area contributed by atoms with E-state index < -0.39 is 12.0 Å². The van der Waals surface area contributed by atoms with Crippen LogP contribution in [0.4, 0.5) is 0 Å². The third kappa shape index (κ3) is 1.56. The van der Waals surface area contributed by atoms with E-state index in [9.17, 15) is 9.59 Å². The Bertz CT molecular complexity index is 244. The van der Waals surface area contributed by atoms with Crippen molar-refractivity contribution in [3.05, 3.63) is 0 Å². The van der Waals surface area contributed by atoms with Gasteiger partial charge in [0.1, 0.15) is 11.8 Å². The van der Waals surface area contributed by atoms with Gasteiger partial charge < -0.3 is 10.4 Å². The van der Waals surface area contributed by atoms with Gasteiger partial charge in [-0.2, -0.15) is 0 Å². The van der Waals surface area contributed by atoms with Crippen molar-refractivity contribution in [1.29, 1.82) is 0 Å². The molecule has 74 valence electrons. The van der Waals surface area contributed by atoms with Crippen LogP contribution < -0.4 is 5.32 Å². The first-order chi connectivity index (χ1) is 5.70. The van der Waals surface area contributed by atoms with Crippen molar-refractivity contribution in [1.82, 2.24) is 5.32 Å². The summed E-state index contributed by atoms with van der Waals surface area (Å²) in [5.41, 5.74) is 0. The topological polar surface area (TPSA) is 66.4 Å². The molecule has 2 fully saturated rings. The molecule has 0 radical (unpaired) electrons. The molecule has 2 N–H and O–H groups in total. The van der Waals surface area contributed by atoms with Crippen LogP contribution in [-0.2, 0) is 9.59 Å². The van der Waals surface area contributed by atoms with Gasteiger partial charge in [-0.3, -0.25) is 9.59 Å². The number of carbonyl (C=O) groups is 2. The van der Waals surface area contributed by atoms with Gasteiger partial charge in [0.15, 0.2) is 0 Å². The first-order valence-corrected chi connectivity index (χ1v) is 4.19. The fraction of sp³-hybridized carbons (Fsp3) is 0.750. The van der Waals surface area contributed by atoms with Crippen LogP contribution in [0.2, 0.25) is 0 Å². The molecule has 0 aromatic rings. The minimum Gasteiger partial charge on any atom is -0.480 e. The third-order valence-corrected chi connectivity index (χ3v) is 2.91. The van der Waals surface area contributed by atoms with Crippen molar-refractivity contribution >= 4 is 24.2 Å². The number of aliphatic carboxylic acids is 1. The van der Waals surface area contributed by atoms with Crippen LogP contribution in [0.3, 0.4) is 0 Å². The Morgan fingerprint density at radius 1 is 1.54 bits per heavy atom. The summed E-state index contributed by atoms with van der Waals surface area (Å²) < 4.78 is 0. The zero-order chi connectivity index (χ0) is 8.72. The molecule has 0 aromatic carbocycles. The van der Waals surface area contributed by atoms with Crippen LogP contribution in [0.15, 0.2) is 0 Å². The molecule has 1 aliphatic carbocycles. The van der Waals surface area contributed by atoms with E-state index in [1.54, 1.807) is 0 Å². The van der Waals surface area contributed by atoms with Gasteiger partial charge in [0, 0.05) is 18.9 Å². The molecule has 1 aliphatic heterocycles. The fourth-order valence-electron chi connectivity index (χ4n) is 2.27. The van der Waals surface area contributed by atoms with Crippen LogP contribution in [-0.4, -0.2) is 29.4 Å². The number of hydrogen-bond acceptors (Lipinski definition) is 3. The number of halogens is 1. The zero-order valence-electron chi connectivity index (χ0n) is 7.03. The number of Topliss-reactive ketones (excluding diaryl/α,β-unsaturated/α-hetero) is 1. The van der Waals surface area contributed by atoms with E-state index in [4.69, 9.17) is 5.11 Å². The lowest BCUT2D eigenvalue weighted by atomic mass is 9.94. The maximum absolute atomic E-state index is 11.2. The number of carboxylic acid groups (broad SMARTS) is 1. The lowest BCUT2D eigenvalue weighted by Crippen LogP contribution is -2.35. The second kappa shape index (κ2) is 3.64. The van der Waals surface area contributed by atoms with Gasteiger partial charge >= 0.3 is 5.97 Å². The highest BCUT2D eigenvalue weighted by Gasteiger charge is 2.46. The first-order valence-electron chi connectivity index (χ1n) is 4.19. The van der Waals surface area contributed by atoms with Gasteiger partial charge in [-0.1, -0.05) is 0 Å². The summed E-state index contributed by atoms with van der Waals surface area (Å²) in [5.74, 6) is -0.561. The SMILES string of the molecule is Cl.O=C1CCC2C1CNC2C(=O)O. The van der Waals surface area contributed by atoms with E-state index in [-0.39, 0.29) is 30.0 Å². The Morgan fingerprint density at radius 2 is 2.23 bits per heavy atom. The van der Waals surface area contributed by atoms with Crippen LogP contribution in [0.1, 0.15) is 12.8 Å². The van der Waals surface area contributed by atoms with E-state index in [1.807, 2.05) is 0 Å². The minimum absolute atomic E-state index is 0. The smallest absolute Gasteiger partial charge is 0.321 e. The summed E-state index contributed by atoms with van der Waals surface area (Å²) in [6.45, 7) is 0.556. The molecule has 3 atom stereocenters. The third-order valence-electron chi connectivity index (χ3n) is 2.91. The van der Waals surface area contributed by atoms with Gasteiger partial charge in [-0.05, 0) is 12.3 Å². The maximum Gasteiger partial charge on any atom is 0.321 e. The largest absolute Gasteiger partial charge is 0.480 e. The van der Waals surface area contributed by atoms with Crippen molar-refractivity contribution < 1.29 is 14.7 Å². The summed E-state index contributed by atoms with van der Waals surface area (Å²) in [6.07, 6.45) is 1.31. The number of carbonyl (C=O) groups excluding carboxylic acids is 1. The first kappa shape index (κ1) is 10.5. The van der Waals surface area contributed by atoms with Crippen LogP contribution in [0.25, 0.3) is 0 Å². The molecular formula is C8H12ClNO3. The highest BCUT2D eigenvalue weighted by atomic mass is 35.5. The lowest BCUT2D eigenvalue weighted by molar-refractivity contribution is -0.140. The Hall–Kier alpha value is -0.610. The highest BCUT2D eigenvalue weighted by Crippen LogP contribution is 2.35. The highest BCUT2D eigenvalue weighted by molar-refractivity contribution is 5.87. The minimum atomic E-state index is -0.822. The summed E-state index contributed by atoms with van der Waals surface area (Å²) in [5, 5.41) is 11.6. The second-order valence-corrected chi connectivity index (χ2v) is 3.50. The average Bonchev–Trinajstić information content (AvgIpc) is 2.53. The monoisotopic (exact) mass is 205 g/mol. The molecule has 1 heterocycles. The number of ketones is 1. The predicted octanol–water partition coefficient (Wildman–Crippen LogP) is 0.0599. The Balaban J connectivity index is 0.000000845. The standard InChI is InChI=1S/C8H11NO3.ClH/c10-6-2-1-4-5(6)3-9-7(4)8(11)12;/h4-5,7,9H,1-3H2,(H,11,12);1H. The van der Waals surface area contributed by atoms with E-state index in [1.165, 1.54) is 0 Å². The lowest BCUT2D eigenvalue weighted by Gasteiger charge is -2.11.